The van der Waals surface area contributed by atoms with E-state index in [-0.39, 0.29) is 5.56 Å². The van der Waals surface area contributed by atoms with Crippen molar-refractivity contribution < 1.29 is 27.8 Å². The Hall–Kier alpha value is -1.72. The zero-order chi connectivity index (χ0) is 11.6. The van der Waals surface area contributed by atoms with E-state index in [1.165, 1.54) is 6.92 Å². The van der Waals surface area contributed by atoms with Crippen LogP contribution in [0.1, 0.15) is 15.9 Å². The number of carboxylic acids is 1. The van der Waals surface area contributed by atoms with E-state index in [1.54, 1.807) is 0 Å². The van der Waals surface area contributed by atoms with Crippen LogP contribution in [0.4, 0.5) is 13.2 Å². The maximum absolute atomic E-state index is 13.1. The van der Waals surface area contributed by atoms with E-state index in [0.29, 0.717) is 0 Å². The summed E-state index contributed by atoms with van der Waals surface area (Å²) in [6.45, 7) is -1.90. The smallest absolute Gasteiger partial charge is 0.387 e. The van der Waals surface area contributed by atoms with Gasteiger partial charge in [0.25, 0.3) is 0 Å². The van der Waals surface area contributed by atoms with Crippen molar-refractivity contribution in [3.8, 4) is 5.75 Å². The Morgan fingerprint density at radius 1 is 1.47 bits per heavy atom. The third-order valence-corrected chi connectivity index (χ3v) is 1.76. The number of alkyl halides is 2. The Bertz CT molecular complexity index is 390. The highest BCUT2D eigenvalue weighted by atomic mass is 19.3. The number of hydrogen-bond donors (Lipinski definition) is 1. The molecule has 0 heterocycles. The topological polar surface area (TPSA) is 46.5 Å². The van der Waals surface area contributed by atoms with E-state index in [4.69, 9.17) is 5.11 Å². The number of benzene rings is 1. The van der Waals surface area contributed by atoms with Crippen LogP contribution in [0, 0.1) is 12.7 Å². The van der Waals surface area contributed by atoms with Crippen molar-refractivity contribution >= 4 is 5.97 Å². The normalized spacial score (nSPS) is 10.5. The van der Waals surface area contributed by atoms with Crippen LogP contribution in [0.15, 0.2) is 12.1 Å². The molecule has 3 nitrogen and oxygen atoms in total. The Morgan fingerprint density at radius 3 is 2.53 bits per heavy atom. The van der Waals surface area contributed by atoms with E-state index in [1.807, 2.05) is 0 Å². The molecule has 0 atom stereocenters. The highest BCUT2D eigenvalue weighted by Crippen LogP contribution is 2.24. The number of hydrogen-bond acceptors (Lipinski definition) is 2. The van der Waals surface area contributed by atoms with Gasteiger partial charge >= 0.3 is 12.6 Å². The molecule has 15 heavy (non-hydrogen) atoms. The molecule has 1 aromatic rings. The Balaban J connectivity index is 3.19. The van der Waals surface area contributed by atoms with Gasteiger partial charge in [0.05, 0.1) is 5.56 Å². The Labute approximate surface area is 83.1 Å². The summed E-state index contributed by atoms with van der Waals surface area (Å²) in [4.78, 5) is 10.5. The molecular weight excluding hydrogens is 213 g/mol. The number of rotatable bonds is 3. The fraction of sp³-hybridized carbons (Fsp3) is 0.222. The molecule has 6 heteroatoms. The van der Waals surface area contributed by atoms with Crippen LogP contribution in [0.5, 0.6) is 5.75 Å². The summed E-state index contributed by atoms with van der Waals surface area (Å²) in [5.74, 6) is -2.78. The summed E-state index contributed by atoms with van der Waals surface area (Å²) in [6, 6.07) is 1.60. The summed E-state index contributed by atoms with van der Waals surface area (Å²) >= 11 is 0. The number of ether oxygens (including phenoxy) is 1. The van der Waals surface area contributed by atoms with Crippen molar-refractivity contribution in [3.63, 3.8) is 0 Å². The van der Waals surface area contributed by atoms with Gasteiger partial charge in [0.1, 0.15) is 11.6 Å². The van der Waals surface area contributed by atoms with Gasteiger partial charge in [0, 0.05) is 5.56 Å². The molecule has 0 aliphatic heterocycles. The van der Waals surface area contributed by atoms with Gasteiger partial charge in [-0.05, 0) is 19.1 Å². The lowest BCUT2D eigenvalue weighted by molar-refractivity contribution is -0.0505. The molecule has 0 fully saturated rings. The molecule has 0 spiro atoms. The first-order valence-electron chi connectivity index (χ1n) is 3.90. The minimum absolute atomic E-state index is 0.153. The third-order valence-electron chi connectivity index (χ3n) is 1.76. The molecular formula is C9H7F3O3. The summed E-state index contributed by atoms with van der Waals surface area (Å²) in [6.07, 6.45) is 0. The number of halogens is 3. The van der Waals surface area contributed by atoms with Crippen LogP contribution in [-0.4, -0.2) is 17.7 Å². The highest BCUT2D eigenvalue weighted by molar-refractivity contribution is 5.88. The lowest BCUT2D eigenvalue weighted by Gasteiger charge is -2.09. The molecule has 0 aliphatic rings. The van der Waals surface area contributed by atoms with E-state index in [0.717, 1.165) is 12.1 Å². The average molecular weight is 220 g/mol. The SMILES string of the molecule is Cc1c(F)cc(C(=O)O)cc1OC(F)F. The predicted molar refractivity (Wildman–Crippen MR) is 44.7 cm³/mol. The van der Waals surface area contributed by atoms with Crippen LogP contribution in [-0.2, 0) is 0 Å². The van der Waals surface area contributed by atoms with Crippen LogP contribution in [0.3, 0.4) is 0 Å². The summed E-state index contributed by atoms with van der Waals surface area (Å²) in [7, 11) is 0. The number of aromatic carboxylic acids is 1. The molecule has 0 radical (unpaired) electrons. The molecule has 1 aromatic carbocycles. The maximum Gasteiger partial charge on any atom is 0.387 e. The first-order valence-corrected chi connectivity index (χ1v) is 3.90. The first-order chi connectivity index (χ1) is 6.91. The Morgan fingerprint density at radius 2 is 2.07 bits per heavy atom. The van der Waals surface area contributed by atoms with Crippen molar-refractivity contribution in [2.75, 3.05) is 0 Å². The monoisotopic (exact) mass is 220 g/mol. The van der Waals surface area contributed by atoms with Crippen LogP contribution < -0.4 is 4.74 Å². The first kappa shape index (κ1) is 11.4. The van der Waals surface area contributed by atoms with E-state index < -0.39 is 29.7 Å². The lowest BCUT2D eigenvalue weighted by atomic mass is 10.1. The van der Waals surface area contributed by atoms with Crippen molar-refractivity contribution in [1.82, 2.24) is 0 Å². The minimum Gasteiger partial charge on any atom is -0.478 e. The summed E-state index contributed by atoms with van der Waals surface area (Å²) in [5.41, 5.74) is -0.589. The lowest BCUT2D eigenvalue weighted by Crippen LogP contribution is -2.06. The van der Waals surface area contributed by atoms with E-state index >= 15 is 0 Å². The fourth-order valence-electron chi connectivity index (χ4n) is 0.995. The van der Waals surface area contributed by atoms with Crippen molar-refractivity contribution in [1.29, 1.82) is 0 Å². The van der Waals surface area contributed by atoms with Gasteiger partial charge in [-0.2, -0.15) is 8.78 Å². The second-order valence-electron chi connectivity index (χ2n) is 2.76. The van der Waals surface area contributed by atoms with Crippen molar-refractivity contribution in [2.45, 2.75) is 13.5 Å². The van der Waals surface area contributed by atoms with Gasteiger partial charge in [-0.3, -0.25) is 0 Å². The summed E-state index contributed by atoms with van der Waals surface area (Å²) in [5, 5.41) is 8.55. The van der Waals surface area contributed by atoms with Crippen molar-refractivity contribution in [2.24, 2.45) is 0 Å². The molecule has 0 aliphatic carbocycles. The van der Waals surface area contributed by atoms with Crippen LogP contribution in [0.2, 0.25) is 0 Å². The average Bonchev–Trinajstić information content (AvgIpc) is 2.11. The van der Waals surface area contributed by atoms with E-state index in [2.05, 4.69) is 4.74 Å². The van der Waals surface area contributed by atoms with Gasteiger partial charge in [0.2, 0.25) is 0 Å². The Kier molecular flexibility index (Phi) is 3.18. The zero-order valence-corrected chi connectivity index (χ0v) is 7.63. The zero-order valence-electron chi connectivity index (χ0n) is 7.63. The molecule has 1 rings (SSSR count). The second-order valence-corrected chi connectivity index (χ2v) is 2.76. The molecule has 0 saturated carbocycles. The van der Waals surface area contributed by atoms with Crippen LogP contribution >= 0.6 is 0 Å². The molecule has 1 N–H and O–H groups in total. The van der Waals surface area contributed by atoms with Gasteiger partial charge < -0.3 is 9.84 Å². The molecule has 0 bridgehead atoms. The van der Waals surface area contributed by atoms with Gasteiger partial charge in [0.15, 0.2) is 0 Å². The number of carboxylic acid groups (broad SMARTS) is 1. The predicted octanol–water partition coefficient (Wildman–Crippen LogP) is 2.43. The van der Waals surface area contributed by atoms with Crippen molar-refractivity contribution in [3.05, 3.63) is 29.1 Å². The highest BCUT2D eigenvalue weighted by Gasteiger charge is 2.15. The molecule has 0 amide bonds. The minimum atomic E-state index is -3.12. The third kappa shape index (κ3) is 2.61. The number of carbonyl (C=O) groups is 1. The summed E-state index contributed by atoms with van der Waals surface area (Å²) < 4.78 is 40.8. The van der Waals surface area contributed by atoms with E-state index in [9.17, 15) is 18.0 Å². The molecule has 0 unspecified atom stereocenters. The van der Waals surface area contributed by atoms with Crippen LogP contribution in [0.25, 0.3) is 0 Å². The van der Waals surface area contributed by atoms with Gasteiger partial charge in [-0.25, -0.2) is 9.18 Å². The molecule has 82 valence electrons. The van der Waals surface area contributed by atoms with Gasteiger partial charge in [-0.15, -0.1) is 0 Å². The molecule has 0 aromatic heterocycles. The quantitative estimate of drug-likeness (QED) is 0.850. The fourth-order valence-corrected chi connectivity index (χ4v) is 0.995. The maximum atomic E-state index is 13.1. The van der Waals surface area contributed by atoms with Gasteiger partial charge in [-0.1, -0.05) is 0 Å². The standard InChI is InChI=1S/C9H7F3O3/c1-4-6(10)2-5(8(13)14)3-7(4)15-9(11)12/h2-3,9H,1H3,(H,13,14). The second kappa shape index (κ2) is 4.20. The molecule has 0 saturated heterocycles. The largest absolute Gasteiger partial charge is 0.478 e.